The fourth-order valence-electron chi connectivity index (χ4n) is 2.18. The summed E-state index contributed by atoms with van der Waals surface area (Å²) < 4.78 is 19.4. The number of nitrogens with zero attached hydrogens (tertiary/aromatic N) is 1. The van der Waals surface area contributed by atoms with Crippen molar-refractivity contribution in [2.24, 2.45) is 0 Å². The third-order valence-corrected chi connectivity index (χ3v) is 3.36. The quantitative estimate of drug-likeness (QED) is 0.849. The van der Waals surface area contributed by atoms with Gasteiger partial charge >= 0.3 is 0 Å². The van der Waals surface area contributed by atoms with Crippen molar-refractivity contribution in [3.8, 4) is 0 Å². The lowest BCUT2D eigenvalue weighted by Crippen LogP contribution is -2.36. The maximum absolute atomic E-state index is 13.9. The minimum absolute atomic E-state index is 0.0529. The summed E-state index contributed by atoms with van der Waals surface area (Å²) in [4.78, 5) is 14.2. The molecular weight excluding hydrogens is 269 g/mol. The maximum Gasteiger partial charge on any atom is 0.257 e. The average Bonchev–Trinajstić information content (AvgIpc) is 2.83. The molecule has 0 N–H and O–H groups in total. The number of hydrogen-bond acceptors (Lipinski definition) is 2. The van der Waals surface area contributed by atoms with Crippen LogP contribution >= 0.6 is 0 Å². The molecule has 4 heteroatoms. The number of benzene rings is 1. The summed E-state index contributed by atoms with van der Waals surface area (Å²) in [5, 5.41) is 0. The molecule has 2 aromatic rings. The molecule has 0 saturated heterocycles. The van der Waals surface area contributed by atoms with Gasteiger partial charge in [-0.05, 0) is 52.0 Å². The monoisotopic (exact) mass is 289 g/mol. The Morgan fingerprint density at radius 3 is 2.52 bits per heavy atom. The predicted octanol–water partition coefficient (Wildman–Crippen LogP) is 4.09. The van der Waals surface area contributed by atoms with E-state index < -0.39 is 5.82 Å². The lowest BCUT2D eigenvalue weighted by Gasteiger charge is -2.26. The Labute approximate surface area is 124 Å². The molecule has 2 rings (SSSR count). The van der Waals surface area contributed by atoms with E-state index >= 15 is 0 Å². The van der Waals surface area contributed by atoms with Crippen LogP contribution in [0.1, 0.15) is 41.3 Å². The molecule has 1 heterocycles. The number of aryl methyl sites for hydroxylation is 2. The van der Waals surface area contributed by atoms with Gasteiger partial charge in [0.1, 0.15) is 17.3 Å². The van der Waals surface area contributed by atoms with Gasteiger partial charge in [0.25, 0.3) is 5.91 Å². The summed E-state index contributed by atoms with van der Waals surface area (Å²) in [5.41, 5.74) is 0.962. The highest BCUT2D eigenvalue weighted by Crippen LogP contribution is 2.18. The van der Waals surface area contributed by atoms with Gasteiger partial charge in [0.05, 0.1) is 12.1 Å². The fourth-order valence-corrected chi connectivity index (χ4v) is 2.18. The van der Waals surface area contributed by atoms with E-state index in [0.717, 1.165) is 11.3 Å². The zero-order valence-electron chi connectivity index (χ0n) is 12.8. The Morgan fingerprint density at radius 1 is 1.24 bits per heavy atom. The topological polar surface area (TPSA) is 33.5 Å². The Bertz CT molecular complexity index is 646. The highest BCUT2D eigenvalue weighted by Gasteiger charge is 2.23. The van der Waals surface area contributed by atoms with Crippen LogP contribution in [-0.2, 0) is 6.54 Å². The van der Waals surface area contributed by atoms with Gasteiger partial charge in [0, 0.05) is 6.04 Å². The van der Waals surface area contributed by atoms with E-state index in [2.05, 4.69) is 0 Å². The fraction of sp³-hybridized carbons (Fsp3) is 0.353. The van der Waals surface area contributed by atoms with Gasteiger partial charge in [0.2, 0.25) is 0 Å². The molecule has 0 atom stereocenters. The van der Waals surface area contributed by atoms with Crippen LogP contribution < -0.4 is 0 Å². The van der Waals surface area contributed by atoms with E-state index in [9.17, 15) is 9.18 Å². The summed E-state index contributed by atoms with van der Waals surface area (Å²) >= 11 is 0. The Morgan fingerprint density at radius 2 is 1.95 bits per heavy atom. The van der Waals surface area contributed by atoms with Gasteiger partial charge in [-0.2, -0.15) is 0 Å². The second kappa shape index (κ2) is 6.12. The molecule has 21 heavy (non-hydrogen) atoms. The van der Waals surface area contributed by atoms with E-state index in [4.69, 9.17) is 4.42 Å². The number of amides is 1. The zero-order valence-corrected chi connectivity index (χ0v) is 12.8. The van der Waals surface area contributed by atoms with E-state index in [1.54, 1.807) is 17.0 Å². The van der Waals surface area contributed by atoms with E-state index in [-0.39, 0.29) is 17.5 Å². The number of carbonyl (C=O) groups is 1. The van der Waals surface area contributed by atoms with Gasteiger partial charge < -0.3 is 9.32 Å². The van der Waals surface area contributed by atoms with Crippen LogP contribution in [-0.4, -0.2) is 16.8 Å². The highest BCUT2D eigenvalue weighted by molar-refractivity contribution is 5.94. The molecule has 0 unspecified atom stereocenters. The molecule has 1 aromatic carbocycles. The van der Waals surface area contributed by atoms with Gasteiger partial charge in [-0.1, -0.05) is 11.6 Å². The molecule has 112 valence electrons. The smallest absolute Gasteiger partial charge is 0.257 e. The second-order valence-electron chi connectivity index (χ2n) is 5.52. The van der Waals surface area contributed by atoms with Crippen LogP contribution in [0.15, 0.2) is 34.7 Å². The summed E-state index contributed by atoms with van der Waals surface area (Å²) in [6, 6.07) is 8.21. The Kier molecular flexibility index (Phi) is 4.46. The minimum Gasteiger partial charge on any atom is -0.464 e. The summed E-state index contributed by atoms with van der Waals surface area (Å²) in [5.74, 6) is 0.678. The summed E-state index contributed by atoms with van der Waals surface area (Å²) in [6.45, 7) is 7.83. The van der Waals surface area contributed by atoms with E-state index in [1.807, 2.05) is 39.8 Å². The molecule has 0 aliphatic carbocycles. The first-order valence-electron chi connectivity index (χ1n) is 7.01. The normalized spacial score (nSPS) is 11.0. The molecule has 3 nitrogen and oxygen atoms in total. The van der Waals surface area contributed by atoms with Crippen molar-refractivity contribution in [2.45, 2.75) is 40.3 Å². The highest BCUT2D eigenvalue weighted by atomic mass is 19.1. The molecule has 0 aliphatic heterocycles. The van der Waals surface area contributed by atoms with Crippen LogP contribution in [0, 0.1) is 19.7 Å². The first-order chi connectivity index (χ1) is 9.88. The lowest BCUT2D eigenvalue weighted by molar-refractivity contribution is 0.0670. The van der Waals surface area contributed by atoms with Crippen molar-refractivity contribution < 1.29 is 13.6 Å². The van der Waals surface area contributed by atoms with Crippen LogP contribution in [0.5, 0.6) is 0 Å². The SMILES string of the molecule is Cc1ccc(F)c(C(=O)N(Cc2ccc(C)o2)C(C)C)c1. The third-order valence-electron chi connectivity index (χ3n) is 3.36. The standard InChI is InChI=1S/C17H20FNO2/c1-11(2)19(10-14-7-6-13(4)21-14)17(20)15-9-12(3)5-8-16(15)18/h5-9,11H,10H2,1-4H3. The summed E-state index contributed by atoms with van der Waals surface area (Å²) in [6.07, 6.45) is 0. The van der Waals surface area contributed by atoms with Crippen LogP contribution in [0.2, 0.25) is 0 Å². The van der Waals surface area contributed by atoms with Crippen LogP contribution in [0.3, 0.4) is 0 Å². The largest absolute Gasteiger partial charge is 0.464 e. The number of rotatable bonds is 4. The molecule has 0 fully saturated rings. The lowest BCUT2D eigenvalue weighted by atomic mass is 10.1. The predicted molar refractivity (Wildman–Crippen MR) is 79.6 cm³/mol. The summed E-state index contributed by atoms with van der Waals surface area (Å²) in [7, 11) is 0. The molecule has 0 spiro atoms. The molecule has 0 bridgehead atoms. The van der Waals surface area contributed by atoms with Crippen LogP contribution in [0.25, 0.3) is 0 Å². The molecule has 1 aromatic heterocycles. The van der Waals surface area contributed by atoms with Gasteiger partial charge in [-0.3, -0.25) is 4.79 Å². The van der Waals surface area contributed by atoms with Crippen LogP contribution in [0.4, 0.5) is 4.39 Å². The van der Waals surface area contributed by atoms with Crippen molar-refractivity contribution in [3.63, 3.8) is 0 Å². The van der Waals surface area contributed by atoms with Crippen molar-refractivity contribution in [3.05, 3.63) is 58.8 Å². The van der Waals surface area contributed by atoms with E-state index in [0.29, 0.717) is 12.3 Å². The Balaban J connectivity index is 2.29. The van der Waals surface area contributed by atoms with Gasteiger partial charge in [-0.25, -0.2) is 4.39 Å². The number of hydrogen-bond donors (Lipinski definition) is 0. The molecular formula is C17H20FNO2. The first kappa shape index (κ1) is 15.3. The average molecular weight is 289 g/mol. The van der Waals surface area contributed by atoms with E-state index in [1.165, 1.54) is 6.07 Å². The first-order valence-corrected chi connectivity index (χ1v) is 7.01. The zero-order chi connectivity index (χ0) is 15.6. The minimum atomic E-state index is -0.494. The van der Waals surface area contributed by atoms with Crippen molar-refractivity contribution in [1.82, 2.24) is 4.90 Å². The number of halogens is 1. The van der Waals surface area contributed by atoms with Crippen molar-refractivity contribution in [2.75, 3.05) is 0 Å². The molecule has 0 aliphatic rings. The van der Waals surface area contributed by atoms with Gasteiger partial charge in [0.15, 0.2) is 0 Å². The maximum atomic E-state index is 13.9. The molecule has 1 amide bonds. The number of furan rings is 1. The van der Waals surface area contributed by atoms with Crippen molar-refractivity contribution in [1.29, 1.82) is 0 Å². The third kappa shape index (κ3) is 3.51. The molecule has 0 radical (unpaired) electrons. The number of carbonyl (C=O) groups excluding carboxylic acids is 1. The Hall–Kier alpha value is -2.10. The molecule has 0 saturated carbocycles. The van der Waals surface area contributed by atoms with Crippen molar-refractivity contribution >= 4 is 5.91 Å². The second-order valence-corrected chi connectivity index (χ2v) is 5.52. The van der Waals surface area contributed by atoms with Gasteiger partial charge in [-0.15, -0.1) is 0 Å².